The average Bonchev–Trinajstić information content (AvgIpc) is 2.36. The molecule has 0 spiro atoms. The highest BCUT2D eigenvalue weighted by Gasteiger charge is 2.28. The van der Waals surface area contributed by atoms with Crippen LogP contribution in [-0.2, 0) is 25.2 Å². The van der Waals surface area contributed by atoms with E-state index in [1.807, 2.05) is 30.3 Å². The Morgan fingerprint density at radius 2 is 1.85 bits per heavy atom. The van der Waals surface area contributed by atoms with E-state index < -0.39 is 18.6 Å². The molecule has 1 aromatic rings. The summed E-state index contributed by atoms with van der Waals surface area (Å²) in [6.45, 7) is 1.97. The second-order valence-electron chi connectivity index (χ2n) is 4.92. The molecule has 0 heterocycles. The lowest BCUT2D eigenvalue weighted by atomic mass is 10.2. The van der Waals surface area contributed by atoms with Crippen LogP contribution >= 0.6 is 18.0 Å². The van der Waals surface area contributed by atoms with Crippen LogP contribution in [0.2, 0.25) is 0 Å². The van der Waals surface area contributed by atoms with Crippen molar-refractivity contribution >= 4 is 23.9 Å². The third-order valence-electron chi connectivity index (χ3n) is 2.51. The number of halogens is 1. The SMILES string of the molecule is CC(C)OC(=O)[C@@H](C)CP(=O)(Cl)OCc1ccccc1. The molecule has 4 nitrogen and oxygen atoms in total. The molecule has 0 saturated carbocycles. The fourth-order valence-corrected chi connectivity index (χ4v) is 3.57. The summed E-state index contributed by atoms with van der Waals surface area (Å²) in [4.78, 5) is 11.6. The van der Waals surface area contributed by atoms with Crippen molar-refractivity contribution in [1.82, 2.24) is 0 Å². The average molecular weight is 319 g/mol. The van der Waals surface area contributed by atoms with E-state index in [4.69, 9.17) is 20.5 Å². The minimum atomic E-state index is -3.34. The highest BCUT2D eigenvalue weighted by Crippen LogP contribution is 2.54. The first kappa shape index (κ1) is 17.2. The molecule has 1 aromatic carbocycles. The number of carbonyl (C=O) groups excluding carboxylic acids is 1. The van der Waals surface area contributed by atoms with Gasteiger partial charge in [-0.1, -0.05) is 37.3 Å². The summed E-state index contributed by atoms with van der Waals surface area (Å²) < 4.78 is 22.4. The van der Waals surface area contributed by atoms with E-state index in [0.717, 1.165) is 5.56 Å². The predicted molar refractivity (Wildman–Crippen MR) is 79.9 cm³/mol. The van der Waals surface area contributed by atoms with Crippen LogP contribution in [0.5, 0.6) is 0 Å². The number of carbonyl (C=O) groups is 1. The van der Waals surface area contributed by atoms with Crippen molar-refractivity contribution in [2.24, 2.45) is 5.92 Å². The zero-order valence-corrected chi connectivity index (χ0v) is 13.6. The molecule has 1 unspecified atom stereocenters. The van der Waals surface area contributed by atoms with Crippen LogP contribution in [0.1, 0.15) is 26.3 Å². The topological polar surface area (TPSA) is 52.6 Å². The molecule has 20 heavy (non-hydrogen) atoms. The van der Waals surface area contributed by atoms with Gasteiger partial charge in [0.1, 0.15) is 0 Å². The van der Waals surface area contributed by atoms with E-state index in [2.05, 4.69) is 0 Å². The number of esters is 1. The molecule has 1 rings (SSSR count). The fraction of sp³-hybridized carbons (Fsp3) is 0.500. The van der Waals surface area contributed by atoms with Gasteiger partial charge >= 0.3 is 5.97 Å². The maximum Gasteiger partial charge on any atom is 0.309 e. The van der Waals surface area contributed by atoms with Crippen molar-refractivity contribution in [2.75, 3.05) is 6.16 Å². The number of benzene rings is 1. The van der Waals surface area contributed by atoms with Crippen molar-refractivity contribution < 1.29 is 18.6 Å². The lowest BCUT2D eigenvalue weighted by Gasteiger charge is -2.17. The Morgan fingerprint density at radius 1 is 1.25 bits per heavy atom. The van der Waals surface area contributed by atoms with Crippen LogP contribution < -0.4 is 0 Å². The minimum absolute atomic E-state index is 0.0348. The summed E-state index contributed by atoms with van der Waals surface area (Å²) in [5.74, 6) is -0.972. The van der Waals surface area contributed by atoms with Crippen molar-refractivity contribution in [2.45, 2.75) is 33.5 Å². The molecule has 0 aliphatic heterocycles. The molecule has 0 amide bonds. The van der Waals surface area contributed by atoms with Crippen LogP contribution in [0.15, 0.2) is 30.3 Å². The van der Waals surface area contributed by atoms with E-state index in [9.17, 15) is 9.36 Å². The molecule has 0 N–H and O–H groups in total. The Morgan fingerprint density at radius 3 is 2.40 bits per heavy atom. The predicted octanol–water partition coefficient (Wildman–Crippen LogP) is 4.22. The van der Waals surface area contributed by atoms with Gasteiger partial charge in [0.15, 0.2) is 0 Å². The summed E-state index contributed by atoms with van der Waals surface area (Å²) in [6.07, 6.45) is -0.239. The van der Waals surface area contributed by atoms with E-state index in [-0.39, 0.29) is 18.9 Å². The second kappa shape index (κ2) is 7.82. The van der Waals surface area contributed by atoms with Gasteiger partial charge in [0.2, 0.25) is 0 Å². The summed E-state index contributed by atoms with van der Waals surface area (Å²) in [5.41, 5.74) is 0.880. The molecular weight excluding hydrogens is 299 g/mol. The summed E-state index contributed by atoms with van der Waals surface area (Å²) >= 11 is 5.89. The van der Waals surface area contributed by atoms with Gasteiger partial charge in [-0.15, -0.1) is 0 Å². The van der Waals surface area contributed by atoms with Gasteiger partial charge in [-0.2, -0.15) is 0 Å². The maximum absolute atomic E-state index is 12.1. The quantitative estimate of drug-likeness (QED) is 0.558. The fourth-order valence-electron chi connectivity index (χ4n) is 1.55. The van der Waals surface area contributed by atoms with Crippen LogP contribution in [0, 0.1) is 5.92 Å². The smallest absolute Gasteiger partial charge is 0.309 e. The van der Waals surface area contributed by atoms with Gasteiger partial charge in [0, 0.05) is 0 Å². The third kappa shape index (κ3) is 6.56. The van der Waals surface area contributed by atoms with Gasteiger partial charge in [-0.05, 0) is 30.7 Å². The van der Waals surface area contributed by atoms with Crippen molar-refractivity contribution in [3.8, 4) is 0 Å². The molecular formula is C14H20ClO4P. The number of hydrogen-bond donors (Lipinski definition) is 0. The largest absolute Gasteiger partial charge is 0.463 e. The van der Waals surface area contributed by atoms with Gasteiger partial charge < -0.3 is 9.26 Å². The summed E-state index contributed by atoms with van der Waals surface area (Å²) in [7, 11) is 0. The van der Waals surface area contributed by atoms with Crippen LogP contribution in [0.4, 0.5) is 0 Å². The maximum atomic E-state index is 12.1. The first-order valence-corrected chi connectivity index (χ1v) is 9.19. The second-order valence-corrected chi connectivity index (χ2v) is 8.27. The molecule has 0 aliphatic carbocycles. The van der Waals surface area contributed by atoms with E-state index in [1.165, 1.54) is 0 Å². The Labute approximate surface area is 124 Å². The normalized spacial score (nSPS) is 15.7. The monoisotopic (exact) mass is 318 g/mol. The van der Waals surface area contributed by atoms with E-state index in [0.29, 0.717) is 0 Å². The van der Waals surface area contributed by atoms with Gasteiger partial charge in [0.25, 0.3) is 6.72 Å². The van der Waals surface area contributed by atoms with Gasteiger partial charge in [0.05, 0.1) is 24.8 Å². The Hall–Kier alpha value is -0.830. The first-order chi connectivity index (χ1) is 9.30. The van der Waals surface area contributed by atoms with E-state index >= 15 is 0 Å². The Kier molecular flexibility index (Phi) is 6.74. The minimum Gasteiger partial charge on any atom is -0.463 e. The van der Waals surface area contributed by atoms with Crippen LogP contribution in [0.3, 0.4) is 0 Å². The molecule has 0 fully saturated rings. The van der Waals surface area contributed by atoms with Crippen LogP contribution in [-0.4, -0.2) is 18.2 Å². The lowest BCUT2D eigenvalue weighted by molar-refractivity contribution is -0.151. The Bertz CT molecular complexity index is 475. The molecule has 0 saturated heterocycles. The summed E-state index contributed by atoms with van der Waals surface area (Å²) in [6, 6.07) is 9.31. The first-order valence-electron chi connectivity index (χ1n) is 6.48. The molecule has 0 bridgehead atoms. The molecule has 0 radical (unpaired) electrons. The highest BCUT2D eigenvalue weighted by atomic mass is 35.7. The number of rotatable bonds is 7. The molecule has 6 heteroatoms. The molecule has 2 atom stereocenters. The highest BCUT2D eigenvalue weighted by molar-refractivity contribution is 7.85. The van der Waals surface area contributed by atoms with Crippen molar-refractivity contribution in [1.29, 1.82) is 0 Å². The zero-order chi connectivity index (χ0) is 15.2. The van der Waals surface area contributed by atoms with Crippen molar-refractivity contribution in [3.05, 3.63) is 35.9 Å². The lowest BCUT2D eigenvalue weighted by Crippen LogP contribution is -2.21. The molecule has 0 aliphatic rings. The van der Waals surface area contributed by atoms with Gasteiger partial charge in [-0.3, -0.25) is 9.36 Å². The standard InChI is InChI=1S/C14H20ClO4P/c1-11(2)19-14(16)12(3)10-20(15,17)18-9-13-7-5-4-6-8-13/h4-8,11-12H,9-10H2,1-3H3/t12-,20?/m0/s1. The Balaban J connectivity index is 2.48. The molecule has 112 valence electrons. The molecule has 0 aromatic heterocycles. The van der Waals surface area contributed by atoms with Gasteiger partial charge in [-0.25, -0.2) is 0 Å². The zero-order valence-electron chi connectivity index (χ0n) is 11.9. The van der Waals surface area contributed by atoms with Crippen LogP contribution in [0.25, 0.3) is 0 Å². The van der Waals surface area contributed by atoms with Crippen molar-refractivity contribution in [3.63, 3.8) is 0 Å². The third-order valence-corrected chi connectivity index (χ3v) is 4.72. The van der Waals surface area contributed by atoms with E-state index in [1.54, 1.807) is 20.8 Å². The summed E-state index contributed by atoms with van der Waals surface area (Å²) in [5, 5.41) is 0. The number of ether oxygens (including phenoxy) is 1. The number of hydrogen-bond acceptors (Lipinski definition) is 4.